The molecule has 2 N–H and O–H groups in total. The number of nitrogens with one attached hydrogen (secondary N) is 1. The number of amides is 3. The van der Waals surface area contributed by atoms with E-state index < -0.39 is 65.0 Å². The SMILES string of the molecule is C/C1=C\C=C\[C@@H](C)[C@@]2(O)CC(OC(=O)N2)[C@@H](C)[C@@H]2O[C@@]2(C)[C@@H](OC(=O)[C@H](C)N(C)C(=O)C(C)(C)CS)CC(=O)N(C)c2cc(cc(C)c2Cl)C1. The fraction of sp³-hybridized carbons (Fsp3) is 0.622. The molecule has 2 saturated heterocycles. The van der Waals surface area contributed by atoms with E-state index in [1.165, 1.54) is 16.8 Å². The number of thiol groups is 1. The van der Waals surface area contributed by atoms with Crippen LogP contribution in [0.25, 0.3) is 0 Å². The summed E-state index contributed by atoms with van der Waals surface area (Å²) in [6.07, 6.45) is 2.82. The van der Waals surface area contributed by atoms with Crippen LogP contribution in [0, 0.1) is 24.2 Å². The first kappa shape index (κ1) is 39.7. The number of hydrogen-bond acceptors (Lipinski definition) is 9. The van der Waals surface area contributed by atoms with E-state index >= 15 is 0 Å². The third-order valence-corrected chi connectivity index (χ3v) is 11.8. The smallest absolute Gasteiger partial charge is 0.409 e. The Morgan fingerprint density at radius 1 is 1.26 bits per heavy atom. The molecule has 3 aliphatic heterocycles. The number of fused-ring (bicyclic) bond motifs is 5. The number of alkyl carbamates (subject to hydrolysis) is 1. The summed E-state index contributed by atoms with van der Waals surface area (Å²) in [6.45, 7) is 14.3. The molecule has 0 spiro atoms. The number of benzene rings is 1. The van der Waals surface area contributed by atoms with E-state index in [0.717, 1.165) is 16.7 Å². The zero-order valence-corrected chi connectivity index (χ0v) is 32.4. The van der Waals surface area contributed by atoms with Crippen LogP contribution in [0.15, 0.2) is 35.9 Å². The van der Waals surface area contributed by atoms with Gasteiger partial charge in [0.2, 0.25) is 11.8 Å². The second-order valence-electron chi connectivity index (χ2n) is 15.1. The fourth-order valence-electron chi connectivity index (χ4n) is 6.66. The number of ether oxygens (including phenoxy) is 3. The van der Waals surface area contributed by atoms with Gasteiger partial charge in [-0.3, -0.25) is 14.9 Å². The van der Waals surface area contributed by atoms with Crippen LogP contribution in [0.4, 0.5) is 10.5 Å². The lowest BCUT2D eigenvalue weighted by Gasteiger charge is -2.41. The molecule has 1 aromatic rings. The van der Waals surface area contributed by atoms with Crippen LogP contribution in [0.1, 0.15) is 72.4 Å². The first-order valence-electron chi connectivity index (χ1n) is 17.0. The maximum Gasteiger partial charge on any atom is 0.409 e. The van der Waals surface area contributed by atoms with Gasteiger partial charge in [-0.2, -0.15) is 12.6 Å². The number of nitrogens with zero attached hydrogens (tertiary/aromatic N) is 2. The minimum atomic E-state index is -1.60. The van der Waals surface area contributed by atoms with Gasteiger partial charge in [-0.15, -0.1) is 0 Å². The summed E-state index contributed by atoms with van der Waals surface area (Å²) in [5.41, 5.74) is -0.307. The summed E-state index contributed by atoms with van der Waals surface area (Å²) in [5.74, 6) is -2.02. The van der Waals surface area contributed by atoms with E-state index in [1.807, 2.05) is 58.1 Å². The summed E-state index contributed by atoms with van der Waals surface area (Å²) in [4.78, 5) is 56.5. The number of anilines is 1. The van der Waals surface area contributed by atoms with Crippen LogP contribution < -0.4 is 10.2 Å². The van der Waals surface area contributed by atoms with Crippen LogP contribution >= 0.6 is 24.2 Å². The summed E-state index contributed by atoms with van der Waals surface area (Å²) in [5, 5.41) is 14.7. The van der Waals surface area contributed by atoms with Crippen molar-refractivity contribution < 1.29 is 38.5 Å². The van der Waals surface area contributed by atoms with Crippen molar-refractivity contribution in [1.29, 1.82) is 0 Å². The lowest BCUT2D eigenvalue weighted by atomic mass is 9.82. The van der Waals surface area contributed by atoms with Gasteiger partial charge in [0.05, 0.1) is 28.6 Å². The number of rotatable bonds is 5. The number of allylic oxidation sites excluding steroid dienone is 3. The molecule has 4 rings (SSSR count). The summed E-state index contributed by atoms with van der Waals surface area (Å²) >= 11 is 11.1. The molecule has 3 heterocycles. The van der Waals surface area contributed by atoms with Gasteiger partial charge in [-0.05, 0) is 51.3 Å². The third-order valence-electron chi connectivity index (χ3n) is 10.6. The van der Waals surface area contributed by atoms with Gasteiger partial charge in [0.1, 0.15) is 29.6 Å². The summed E-state index contributed by atoms with van der Waals surface area (Å²) in [7, 11) is 3.16. The van der Waals surface area contributed by atoms with Crippen molar-refractivity contribution in [3.63, 3.8) is 0 Å². The maximum absolute atomic E-state index is 14.1. The molecule has 4 bridgehead atoms. The zero-order chi connectivity index (χ0) is 37.5. The molecule has 13 heteroatoms. The van der Waals surface area contributed by atoms with Crippen molar-refractivity contribution in [2.24, 2.45) is 17.3 Å². The number of hydrogen-bond donors (Lipinski definition) is 3. The van der Waals surface area contributed by atoms with Crippen molar-refractivity contribution in [1.82, 2.24) is 10.2 Å². The van der Waals surface area contributed by atoms with Crippen LogP contribution in [-0.2, 0) is 35.0 Å². The lowest BCUT2D eigenvalue weighted by molar-refractivity contribution is -0.163. The Bertz CT molecular complexity index is 1580. The zero-order valence-electron chi connectivity index (χ0n) is 30.7. The van der Waals surface area contributed by atoms with Gasteiger partial charge in [0, 0.05) is 38.1 Å². The number of aliphatic hydroxyl groups is 1. The van der Waals surface area contributed by atoms with E-state index in [-0.39, 0.29) is 30.4 Å². The van der Waals surface area contributed by atoms with Crippen LogP contribution in [-0.4, -0.2) is 89.4 Å². The third kappa shape index (κ3) is 8.19. The van der Waals surface area contributed by atoms with Crippen LogP contribution in [0.3, 0.4) is 0 Å². The number of epoxide rings is 1. The van der Waals surface area contributed by atoms with Gasteiger partial charge < -0.3 is 29.1 Å². The Morgan fingerprint density at radius 2 is 1.92 bits per heavy atom. The molecule has 0 saturated carbocycles. The van der Waals surface area contributed by atoms with Crippen LogP contribution in [0.2, 0.25) is 5.02 Å². The van der Waals surface area contributed by atoms with E-state index in [2.05, 4.69) is 17.9 Å². The van der Waals surface area contributed by atoms with E-state index in [9.17, 15) is 24.3 Å². The predicted molar refractivity (Wildman–Crippen MR) is 195 cm³/mol. The molecule has 276 valence electrons. The van der Waals surface area contributed by atoms with Crippen molar-refractivity contribution >= 4 is 53.8 Å². The second-order valence-corrected chi connectivity index (χ2v) is 15.8. The monoisotopic (exact) mass is 733 g/mol. The highest BCUT2D eigenvalue weighted by molar-refractivity contribution is 7.80. The molecular formula is C37H52ClN3O8S. The molecule has 0 radical (unpaired) electrons. The van der Waals surface area contributed by atoms with Gasteiger partial charge in [0.25, 0.3) is 0 Å². The summed E-state index contributed by atoms with van der Waals surface area (Å²) in [6, 6.07) is 2.86. The molecule has 8 atom stereocenters. The number of aryl methyl sites for hydroxylation is 1. The Labute approximate surface area is 306 Å². The molecule has 3 aliphatic rings. The number of carbonyl (C=O) groups is 4. The predicted octanol–water partition coefficient (Wildman–Crippen LogP) is 5.39. The number of likely N-dealkylation sites (N-methyl/N-ethyl adjacent to an activating group) is 1. The molecule has 3 amide bonds. The van der Waals surface area contributed by atoms with Gasteiger partial charge in [0.15, 0.2) is 0 Å². The van der Waals surface area contributed by atoms with Gasteiger partial charge in [-0.25, -0.2) is 9.59 Å². The minimum Gasteiger partial charge on any atom is -0.457 e. The van der Waals surface area contributed by atoms with Crippen LogP contribution in [0.5, 0.6) is 0 Å². The van der Waals surface area contributed by atoms with Crippen molar-refractivity contribution in [3.05, 3.63) is 52.1 Å². The standard InChI is InChI=1S/C37H52ClN3O8S/c1-20-12-11-13-22(3)37(46)18-27(47-34(45)39-37)23(4)31-36(8,49-31)28(48-32(43)24(5)40(9)33(44)35(6,7)19-50)17-29(42)41(10)26-16-25(14-20)15-21(2)30(26)38/h11-13,15-16,22-24,27-28,31,46,50H,14,17-19H2,1-10H3,(H,39,45)/b13-11+,20-12+/t22-,23-,24+,27?,28+,31+,36+,37+/m1/s1. The van der Waals surface area contributed by atoms with Crippen molar-refractivity contribution in [2.75, 3.05) is 24.7 Å². The molecule has 2 fully saturated rings. The highest BCUT2D eigenvalue weighted by Gasteiger charge is 2.64. The molecule has 1 unspecified atom stereocenters. The molecule has 0 aromatic heterocycles. The second kappa shape index (κ2) is 14.9. The minimum absolute atomic E-state index is 0.0741. The first-order valence-corrected chi connectivity index (χ1v) is 18.0. The highest BCUT2D eigenvalue weighted by atomic mass is 35.5. The normalized spacial score (nSPS) is 32.8. The topological polar surface area (TPSA) is 138 Å². The number of esters is 1. The lowest BCUT2D eigenvalue weighted by Crippen LogP contribution is -2.60. The molecular weight excluding hydrogens is 682 g/mol. The molecule has 1 aromatic carbocycles. The molecule has 0 aliphatic carbocycles. The Kier molecular flexibility index (Phi) is 11.8. The number of halogens is 1. The maximum atomic E-state index is 14.1. The summed E-state index contributed by atoms with van der Waals surface area (Å²) < 4.78 is 18.0. The fourth-order valence-corrected chi connectivity index (χ4v) is 7.04. The van der Waals surface area contributed by atoms with Crippen molar-refractivity contribution in [3.8, 4) is 0 Å². The Morgan fingerprint density at radius 3 is 2.56 bits per heavy atom. The Hall–Kier alpha value is -3.06. The first-order chi connectivity index (χ1) is 23.1. The molecule has 50 heavy (non-hydrogen) atoms. The average molecular weight is 734 g/mol. The average Bonchev–Trinajstić information content (AvgIpc) is 3.75. The van der Waals surface area contributed by atoms with E-state index in [4.69, 9.17) is 25.8 Å². The quantitative estimate of drug-likeness (QED) is 0.208. The van der Waals surface area contributed by atoms with E-state index in [0.29, 0.717) is 17.1 Å². The number of carbonyl (C=O) groups excluding carboxylic acids is 4. The van der Waals surface area contributed by atoms with Gasteiger partial charge >= 0.3 is 12.1 Å². The largest absolute Gasteiger partial charge is 0.457 e. The molecule has 11 nitrogen and oxygen atoms in total. The highest BCUT2D eigenvalue weighted by Crippen LogP contribution is 2.49. The van der Waals surface area contributed by atoms with E-state index in [1.54, 1.807) is 34.7 Å². The Balaban J connectivity index is 1.75. The van der Waals surface area contributed by atoms with Crippen molar-refractivity contribution in [2.45, 2.75) is 110 Å². The van der Waals surface area contributed by atoms with Gasteiger partial charge in [-0.1, -0.05) is 69.2 Å².